The third kappa shape index (κ3) is 1.34. The van der Waals surface area contributed by atoms with Crippen molar-refractivity contribution >= 4 is 10.9 Å². The van der Waals surface area contributed by atoms with Crippen molar-refractivity contribution in [2.75, 3.05) is 0 Å². The van der Waals surface area contributed by atoms with E-state index in [9.17, 15) is 0 Å². The summed E-state index contributed by atoms with van der Waals surface area (Å²) in [6, 6.07) is 19.1. The maximum atomic E-state index is 4.84. The monoisotopic (exact) mass is 230 g/mol. The zero-order valence-corrected chi connectivity index (χ0v) is 9.93. The summed E-state index contributed by atoms with van der Waals surface area (Å²) in [5, 5.41) is 1.23. The van der Waals surface area contributed by atoms with Crippen LogP contribution in [0.1, 0.15) is 11.1 Å². The SMILES string of the molecule is c1ccc2c(c1)[CH+]Cc1cc3ccccc3nc1-2. The number of rotatable bonds is 0. The van der Waals surface area contributed by atoms with Crippen LogP contribution in [-0.2, 0) is 6.42 Å². The third-order valence-electron chi connectivity index (χ3n) is 3.56. The first kappa shape index (κ1) is 9.72. The predicted octanol–water partition coefficient (Wildman–Crippen LogP) is 4.01. The Labute approximate surface area is 106 Å². The van der Waals surface area contributed by atoms with Crippen molar-refractivity contribution in [2.45, 2.75) is 6.42 Å². The summed E-state index contributed by atoms with van der Waals surface area (Å²) in [7, 11) is 0. The van der Waals surface area contributed by atoms with Crippen molar-refractivity contribution in [2.24, 2.45) is 0 Å². The zero-order chi connectivity index (χ0) is 11.9. The summed E-state index contributed by atoms with van der Waals surface area (Å²) < 4.78 is 0. The van der Waals surface area contributed by atoms with Crippen molar-refractivity contribution < 1.29 is 0 Å². The molecule has 1 aliphatic rings. The van der Waals surface area contributed by atoms with Crippen LogP contribution in [0, 0.1) is 6.42 Å². The van der Waals surface area contributed by atoms with Gasteiger partial charge in [0, 0.05) is 35.9 Å². The average Bonchev–Trinajstić information content (AvgIpc) is 2.45. The second-order valence-electron chi connectivity index (χ2n) is 4.68. The molecule has 1 heteroatoms. The van der Waals surface area contributed by atoms with E-state index in [-0.39, 0.29) is 0 Å². The van der Waals surface area contributed by atoms with Crippen molar-refractivity contribution in [3.05, 3.63) is 72.1 Å². The van der Waals surface area contributed by atoms with E-state index in [0.29, 0.717) is 0 Å². The lowest BCUT2D eigenvalue weighted by atomic mass is 9.88. The fraction of sp³-hybridized carbons (Fsp3) is 0.0588. The van der Waals surface area contributed by atoms with Gasteiger partial charge in [0.05, 0.1) is 5.52 Å². The number of aromatic nitrogens is 1. The Bertz CT molecular complexity index is 743. The van der Waals surface area contributed by atoms with E-state index in [1.165, 1.54) is 22.1 Å². The van der Waals surface area contributed by atoms with Crippen molar-refractivity contribution in [3.8, 4) is 11.3 Å². The van der Waals surface area contributed by atoms with Gasteiger partial charge in [-0.3, -0.25) is 0 Å². The highest BCUT2D eigenvalue weighted by Gasteiger charge is 2.24. The lowest BCUT2D eigenvalue weighted by Gasteiger charge is -2.13. The lowest BCUT2D eigenvalue weighted by molar-refractivity contribution is 1.11. The van der Waals surface area contributed by atoms with E-state index in [1.807, 2.05) is 6.07 Å². The minimum Gasteiger partial charge on any atom is -0.233 e. The van der Waals surface area contributed by atoms with Gasteiger partial charge in [-0.2, -0.15) is 0 Å². The molecule has 0 radical (unpaired) electrons. The molecule has 0 spiro atoms. The van der Waals surface area contributed by atoms with Crippen LogP contribution in [0.15, 0.2) is 54.6 Å². The molecule has 18 heavy (non-hydrogen) atoms. The second-order valence-corrected chi connectivity index (χ2v) is 4.68. The molecule has 84 valence electrons. The Hall–Kier alpha value is -2.28. The molecule has 1 aromatic heterocycles. The Morgan fingerprint density at radius 2 is 1.78 bits per heavy atom. The molecule has 4 rings (SSSR count). The largest absolute Gasteiger partial charge is 0.233 e. The van der Waals surface area contributed by atoms with E-state index in [4.69, 9.17) is 4.98 Å². The molecule has 1 aliphatic carbocycles. The van der Waals surface area contributed by atoms with Gasteiger partial charge in [-0.1, -0.05) is 18.2 Å². The number of nitrogens with zero attached hydrogens (tertiary/aromatic N) is 1. The molecule has 1 nitrogen and oxygen atoms in total. The molecule has 0 fully saturated rings. The highest BCUT2D eigenvalue weighted by atomic mass is 14.7. The normalized spacial score (nSPS) is 12.7. The van der Waals surface area contributed by atoms with Crippen LogP contribution in [0.4, 0.5) is 0 Å². The predicted molar refractivity (Wildman–Crippen MR) is 74.3 cm³/mol. The van der Waals surface area contributed by atoms with Gasteiger partial charge in [0.15, 0.2) is 0 Å². The molecule has 0 N–H and O–H groups in total. The van der Waals surface area contributed by atoms with E-state index >= 15 is 0 Å². The third-order valence-corrected chi connectivity index (χ3v) is 3.56. The maximum absolute atomic E-state index is 4.84. The van der Waals surface area contributed by atoms with Gasteiger partial charge in [-0.25, -0.2) is 4.98 Å². The highest BCUT2D eigenvalue weighted by molar-refractivity contribution is 5.85. The fourth-order valence-corrected chi connectivity index (χ4v) is 2.66. The van der Waals surface area contributed by atoms with E-state index in [2.05, 4.69) is 55.0 Å². The molecule has 1 heterocycles. The number of hydrogen-bond acceptors (Lipinski definition) is 1. The smallest absolute Gasteiger partial charge is 0.139 e. The van der Waals surface area contributed by atoms with Crippen LogP contribution < -0.4 is 0 Å². The van der Waals surface area contributed by atoms with Crippen LogP contribution in [0.2, 0.25) is 0 Å². The van der Waals surface area contributed by atoms with Gasteiger partial charge in [0.25, 0.3) is 0 Å². The van der Waals surface area contributed by atoms with Gasteiger partial charge in [0.2, 0.25) is 0 Å². The van der Waals surface area contributed by atoms with Gasteiger partial charge in [-0.15, -0.1) is 0 Å². The van der Waals surface area contributed by atoms with Gasteiger partial charge in [-0.05, 0) is 24.3 Å². The zero-order valence-electron chi connectivity index (χ0n) is 9.93. The van der Waals surface area contributed by atoms with E-state index < -0.39 is 0 Å². The molecule has 0 amide bonds. The van der Waals surface area contributed by atoms with Crippen LogP contribution in [0.5, 0.6) is 0 Å². The lowest BCUT2D eigenvalue weighted by Crippen LogP contribution is -2.04. The number of pyridine rings is 1. The standard InChI is InChI=1S/C17H12N/c1-3-7-15-12(5-1)9-10-14-11-13-6-2-4-8-16(13)18-17(14)15/h1-9,11H,10H2/q+1. The van der Waals surface area contributed by atoms with Crippen molar-refractivity contribution in [1.82, 2.24) is 4.98 Å². The first-order valence-electron chi connectivity index (χ1n) is 6.23. The van der Waals surface area contributed by atoms with Crippen molar-refractivity contribution in [3.63, 3.8) is 0 Å². The molecule has 3 aromatic rings. The molecule has 0 bridgehead atoms. The molecule has 2 aromatic carbocycles. The summed E-state index contributed by atoms with van der Waals surface area (Å²) >= 11 is 0. The van der Waals surface area contributed by atoms with Crippen molar-refractivity contribution in [1.29, 1.82) is 0 Å². The summed E-state index contributed by atoms with van der Waals surface area (Å²) in [6.45, 7) is 0. The maximum Gasteiger partial charge on any atom is 0.139 e. The summed E-state index contributed by atoms with van der Waals surface area (Å²) in [4.78, 5) is 4.84. The first-order valence-corrected chi connectivity index (χ1v) is 6.23. The van der Waals surface area contributed by atoms with Gasteiger partial charge in [0.1, 0.15) is 16.8 Å². The van der Waals surface area contributed by atoms with E-state index in [0.717, 1.165) is 17.6 Å². The Kier molecular flexibility index (Phi) is 1.95. The quantitative estimate of drug-likeness (QED) is 0.532. The number of fused-ring (bicyclic) bond motifs is 4. The summed E-state index contributed by atoms with van der Waals surface area (Å²) in [5.74, 6) is 0. The molecule has 0 aliphatic heterocycles. The Morgan fingerprint density at radius 1 is 0.944 bits per heavy atom. The van der Waals surface area contributed by atoms with Crippen LogP contribution in [-0.4, -0.2) is 4.98 Å². The molecule has 0 saturated heterocycles. The first-order chi connectivity index (χ1) is 8.92. The molecule has 0 saturated carbocycles. The number of para-hydroxylation sites is 1. The van der Waals surface area contributed by atoms with Crippen LogP contribution in [0.3, 0.4) is 0 Å². The molecule has 0 atom stereocenters. The number of benzene rings is 2. The van der Waals surface area contributed by atoms with E-state index in [1.54, 1.807) is 0 Å². The minimum absolute atomic E-state index is 0.976. The van der Waals surface area contributed by atoms with Crippen LogP contribution >= 0.6 is 0 Å². The summed E-state index contributed by atoms with van der Waals surface area (Å²) in [5.41, 5.74) is 6.10. The highest BCUT2D eigenvalue weighted by Crippen LogP contribution is 2.34. The molecular weight excluding hydrogens is 218 g/mol. The summed E-state index contributed by atoms with van der Waals surface area (Å²) in [6.07, 6.45) is 3.26. The minimum atomic E-state index is 0.976. The molecule has 0 unspecified atom stereocenters. The fourth-order valence-electron chi connectivity index (χ4n) is 2.66. The number of hydrogen-bond donors (Lipinski definition) is 0. The van der Waals surface area contributed by atoms with Crippen LogP contribution in [0.25, 0.3) is 22.2 Å². The Balaban J connectivity index is 2.06. The van der Waals surface area contributed by atoms with Gasteiger partial charge < -0.3 is 0 Å². The average molecular weight is 230 g/mol. The van der Waals surface area contributed by atoms with Gasteiger partial charge >= 0.3 is 0 Å². The molecular formula is C17H12N+. The second kappa shape index (κ2) is 3.61. The topological polar surface area (TPSA) is 12.9 Å². The Morgan fingerprint density at radius 3 is 2.78 bits per heavy atom.